The lowest BCUT2D eigenvalue weighted by molar-refractivity contribution is -0.122. The molecular formula is C20H22N6O4. The lowest BCUT2D eigenvalue weighted by atomic mass is 10.1. The number of methoxy groups -OCH3 is 2. The van der Waals surface area contributed by atoms with Crippen LogP contribution >= 0.6 is 0 Å². The molecule has 0 radical (unpaired) electrons. The molecule has 3 aromatic rings. The number of amides is 2. The number of benzene rings is 2. The van der Waals surface area contributed by atoms with Gasteiger partial charge in [-0.1, -0.05) is 18.2 Å². The first-order chi connectivity index (χ1) is 14.5. The Labute approximate surface area is 173 Å². The number of primary amides is 1. The molecule has 0 aliphatic rings. The minimum atomic E-state index is -0.511. The molecule has 0 saturated heterocycles. The van der Waals surface area contributed by atoms with Crippen molar-refractivity contribution < 1.29 is 19.1 Å². The average Bonchev–Trinajstić information content (AvgIpc) is 3.22. The van der Waals surface area contributed by atoms with Gasteiger partial charge in [0.05, 0.1) is 14.2 Å². The van der Waals surface area contributed by atoms with Gasteiger partial charge < -0.3 is 20.5 Å². The molecule has 0 spiro atoms. The summed E-state index contributed by atoms with van der Waals surface area (Å²) in [5, 5.41) is 14.8. The number of ether oxygens (including phenoxy) is 2. The Morgan fingerprint density at radius 1 is 1.07 bits per heavy atom. The zero-order valence-electron chi connectivity index (χ0n) is 16.7. The SMILES string of the molecule is COc1ccc(CCNC(=O)Cn2nnc(-c3ccc(C(N)=O)cc3)n2)cc1OC. The lowest BCUT2D eigenvalue weighted by Crippen LogP contribution is -2.30. The van der Waals surface area contributed by atoms with Crippen molar-refractivity contribution in [2.45, 2.75) is 13.0 Å². The highest BCUT2D eigenvalue weighted by Gasteiger charge is 2.10. The average molecular weight is 410 g/mol. The Morgan fingerprint density at radius 2 is 1.80 bits per heavy atom. The number of nitrogens with one attached hydrogen (secondary N) is 1. The van der Waals surface area contributed by atoms with E-state index in [4.69, 9.17) is 15.2 Å². The van der Waals surface area contributed by atoms with Crippen LogP contribution in [-0.2, 0) is 17.8 Å². The Bertz CT molecular complexity index is 1030. The number of aromatic nitrogens is 4. The smallest absolute Gasteiger partial charge is 0.248 e. The number of carbonyl (C=O) groups is 2. The molecule has 3 rings (SSSR count). The summed E-state index contributed by atoms with van der Waals surface area (Å²) in [6.07, 6.45) is 0.633. The minimum Gasteiger partial charge on any atom is -0.493 e. The van der Waals surface area contributed by atoms with Crippen LogP contribution in [0.2, 0.25) is 0 Å². The van der Waals surface area contributed by atoms with Crippen molar-refractivity contribution in [2.24, 2.45) is 5.73 Å². The molecular weight excluding hydrogens is 388 g/mol. The van der Waals surface area contributed by atoms with Crippen LogP contribution in [0.4, 0.5) is 0 Å². The predicted octanol–water partition coefficient (Wildman–Crippen LogP) is 0.815. The highest BCUT2D eigenvalue weighted by Crippen LogP contribution is 2.27. The highest BCUT2D eigenvalue weighted by molar-refractivity contribution is 5.93. The largest absolute Gasteiger partial charge is 0.493 e. The molecule has 2 amide bonds. The number of hydrogen-bond acceptors (Lipinski definition) is 7. The monoisotopic (exact) mass is 410 g/mol. The van der Waals surface area contributed by atoms with E-state index in [2.05, 4.69) is 20.7 Å². The van der Waals surface area contributed by atoms with E-state index in [0.29, 0.717) is 41.4 Å². The van der Waals surface area contributed by atoms with Crippen LogP contribution < -0.4 is 20.5 Å². The Balaban J connectivity index is 1.51. The van der Waals surface area contributed by atoms with E-state index in [-0.39, 0.29) is 12.5 Å². The predicted molar refractivity (Wildman–Crippen MR) is 108 cm³/mol. The van der Waals surface area contributed by atoms with Crippen LogP contribution in [0, 0.1) is 0 Å². The van der Waals surface area contributed by atoms with Gasteiger partial charge in [0.2, 0.25) is 17.6 Å². The molecule has 0 saturated carbocycles. The van der Waals surface area contributed by atoms with Crippen LogP contribution in [0.3, 0.4) is 0 Å². The summed E-state index contributed by atoms with van der Waals surface area (Å²) in [7, 11) is 3.16. The molecule has 0 aliphatic heterocycles. The molecule has 0 fully saturated rings. The number of carbonyl (C=O) groups excluding carboxylic acids is 2. The van der Waals surface area contributed by atoms with E-state index in [9.17, 15) is 9.59 Å². The lowest BCUT2D eigenvalue weighted by Gasteiger charge is -2.10. The van der Waals surface area contributed by atoms with Crippen molar-refractivity contribution in [1.82, 2.24) is 25.5 Å². The van der Waals surface area contributed by atoms with Crippen LogP contribution in [-0.4, -0.2) is 52.8 Å². The number of nitrogens with two attached hydrogens (primary N) is 1. The first kappa shape index (κ1) is 20.8. The third-order valence-electron chi connectivity index (χ3n) is 4.35. The summed E-state index contributed by atoms with van der Waals surface area (Å²) in [6.45, 7) is 0.392. The third-order valence-corrected chi connectivity index (χ3v) is 4.35. The summed E-state index contributed by atoms with van der Waals surface area (Å²) < 4.78 is 10.5. The van der Waals surface area contributed by atoms with Crippen molar-refractivity contribution in [3.8, 4) is 22.9 Å². The maximum Gasteiger partial charge on any atom is 0.248 e. The molecule has 156 valence electrons. The quantitative estimate of drug-likeness (QED) is 0.533. The molecule has 0 bridgehead atoms. The van der Waals surface area contributed by atoms with Gasteiger partial charge in [0.15, 0.2) is 11.5 Å². The second-order valence-electron chi connectivity index (χ2n) is 6.37. The molecule has 2 aromatic carbocycles. The van der Waals surface area contributed by atoms with E-state index in [1.807, 2.05) is 18.2 Å². The zero-order valence-corrected chi connectivity index (χ0v) is 16.7. The van der Waals surface area contributed by atoms with Crippen LogP contribution in [0.15, 0.2) is 42.5 Å². The van der Waals surface area contributed by atoms with Gasteiger partial charge in [-0.2, -0.15) is 4.80 Å². The summed E-state index contributed by atoms with van der Waals surface area (Å²) in [5.74, 6) is 0.905. The fraction of sp³-hybridized carbons (Fsp3) is 0.250. The summed E-state index contributed by atoms with van der Waals surface area (Å²) in [6, 6.07) is 12.1. The molecule has 30 heavy (non-hydrogen) atoms. The van der Waals surface area contributed by atoms with Gasteiger partial charge in [-0.05, 0) is 41.5 Å². The maximum atomic E-state index is 12.2. The molecule has 0 aliphatic carbocycles. The first-order valence-corrected chi connectivity index (χ1v) is 9.16. The van der Waals surface area contributed by atoms with Gasteiger partial charge in [0, 0.05) is 17.7 Å². The zero-order chi connectivity index (χ0) is 21.5. The van der Waals surface area contributed by atoms with Crippen molar-refractivity contribution in [2.75, 3.05) is 20.8 Å². The van der Waals surface area contributed by atoms with Crippen LogP contribution in [0.5, 0.6) is 11.5 Å². The van der Waals surface area contributed by atoms with Crippen LogP contribution in [0.1, 0.15) is 15.9 Å². The number of rotatable bonds is 9. The second kappa shape index (κ2) is 9.50. The molecule has 1 aromatic heterocycles. The third kappa shape index (κ3) is 5.10. The van der Waals surface area contributed by atoms with Crippen molar-refractivity contribution in [3.05, 3.63) is 53.6 Å². The van der Waals surface area contributed by atoms with E-state index in [0.717, 1.165) is 5.56 Å². The van der Waals surface area contributed by atoms with Gasteiger partial charge >= 0.3 is 0 Å². The summed E-state index contributed by atoms with van der Waals surface area (Å²) in [4.78, 5) is 24.5. The van der Waals surface area contributed by atoms with E-state index in [1.54, 1.807) is 38.5 Å². The van der Waals surface area contributed by atoms with E-state index < -0.39 is 5.91 Å². The topological polar surface area (TPSA) is 134 Å². The normalized spacial score (nSPS) is 10.5. The fourth-order valence-corrected chi connectivity index (χ4v) is 2.78. The summed E-state index contributed by atoms with van der Waals surface area (Å²) in [5.41, 5.74) is 7.29. The van der Waals surface area contributed by atoms with Crippen LogP contribution in [0.25, 0.3) is 11.4 Å². The number of nitrogens with zero attached hydrogens (tertiary/aromatic N) is 4. The highest BCUT2D eigenvalue weighted by atomic mass is 16.5. The molecule has 0 atom stereocenters. The molecule has 3 N–H and O–H groups in total. The molecule has 10 heteroatoms. The Morgan fingerprint density at radius 3 is 2.47 bits per heavy atom. The van der Waals surface area contributed by atoms with Crippen molar-refractivity contribution in [3.63, 3.8) is 0 Å². The van der Waals surface area contributed by atoms with Gasteiger partial charge in [-0.25, -0.2) is 0 Å². The number of tetrazole rings is 1. The Hall–Kier alpha value is -3.95. The molecule has 0 unspecified atom stereocenters. The fourth-order valence-electron chi connectivity index (χ4n) is 2.78. The second-order valence-corrected chi connectivity index (χ2v) is 6.37. The van der Waals surface area contributed by atoms with Crippen molar-refractivity contribution >= 4 is 11.8 Å². The van der Waals surface area contributed by atoms with Gasteiger partial charge in [0.1, 0.15) is 6.54 Å². The number of hydrogen-bond donors (Lipinski definition) is 2. The van der Waals surface area contributed by atoms with Gasteiger partial charge in [-0.15, -0.1) is 10.2 Å². The first-order valence-electron chi connectivity index (χ1n) is 9.16. The minimum absolute atomic E-state index is 0.0572. The van der Waals surface area contributed by atoms with E-state index >= 15 is 0 Å². The van der Waals surface area contributed by atoms with E-state index in [1.165, 1.54) is 4.80 Å². The van der Waals surface area contributed by atoms with Gasteiger partial charge in [-0.3, -0.25) is 9.59 Å². The maximum absolute atomic E-state index is 12.2. The Kier molecular flexibility index (Phi) is 6.58. The molecule has 10 nitrogen and oxygen atoms in total. The standard InChI is InChI=1S/C20H22N6O4/c1-29-16-8-3-13(11-17(16)30-2)9-10-22-18(27)12-26-24-20(23-25-26)15-6-4-14(5-7-15)19(21)28/h3-8,11H,9-10,12H2,1-2H3,(H2,21,28)(H,22,27). The van der Waals surface area contributed by atoms with Crippen molar-refractivity contribution in [1.29, 1.82) is 0 Å². The molecule has 1 heterocycles. The van der Waals surface area contributed by atoms with Gasteiger partial charge in [0.25, 0.3) is 0 Å². The summed E-state index contributed by atoms with van der Waals surface area (Å²) >= 11 is 0.